The maximum absolute atomic E-state index is 13.9. The molecule has 1 atom stereocenters. The van der Waals surface area contributed by atoms with Crippen LogP contribution in [0.25, 0.3) is 0 Å². The molecule has 0 bridgehead atoms. The van der Waals surface area contributed by atoms with Crippen LogP contribution in [-0.2, 0) is 21.1 Å². The van der Waals surface area contributed by atoms with Crippen LogP contribution in [0.15, 0.2) is 12.1 Å². The summed E-state index contributed by atoms with van der Waals surface area (Å²) in [5, 5.41) is -0.300. The molecule has 1 aliphatic carbocycles. The first-order valence-electron chi connectivity index (χ1n) is 10.6. The summed E-state index contributed by atoms with van der Waals surface area (Å²) in [5.74, 6) is -3.41. The van der Waals surface area contributed by atoms with E-state index in [0.29, 0.717) is 44.8 Å². The zero-order chi connectivity index (χ0) is 21.9. The predicted molar refractivity (Wildman–Crippen MR) is 108 cm³/mol. The lowest BCUT2D eigenvalue weighted by molar-refractivity contribution is -0.132. The lowest BCUT2D eigenvalue weighted by Crippen LogP contribution is -2.44. The average molecular weight is 447 g/mol. The fourth-order valence-electron chi connectivity index (χ4n) is 4.52. The van der Waals surface area contributed by atoms with Crippen molar-refractivity contribution < 1.29 is 26.4 Å². The maximum Gasteiger partial charge on any atom is 0.223 e. The molecular weight excluding hydrogens is 417 g/mol. The van der Waals surface area contributed by atoms with E-state index in [9.17, 15) is 26.4 Å². The fourth-order valence-corrected chi connectivity index (χ4v) is 6.36. The molecule has 1 heterocycles. The van der Waals surface area contributed by atoms with Crippen LogP contribution in [0.1, 0.15) is 50.5 Å². The minimum atomic E-state index is -3.22. The van der Waals surface area contributed by atoms with Gasteiger partial charge in [0.2, 0.25) is 5.91 Å². The highest BCUT2D eigenvalue weighted by molar-refractivity contribution is 7.92. The smallest absolute Gasteiger partial charge is 0.223 e. The Labute approximate surface area is 175 Å². The summed E-state index contributed by atoms with van der Waals surface area (Å²) in [6, 6.07) is 0.927. The van der Waals surface area contributed by atoms with Gasteiger partial charge in [0.15, 0.2) is 21.5 Å². The molecule has 9 heteroatoms. The first-order valence-corrected chi connectivity index (χ1v) is 12.3. The van der Waals surface area contributed by atoms with Gasteiger partial charge in [-0.25, -0.2) is 21.6 Å². The summed E-state index contributed by atoms with van der Waals surface area (Å²) in [5.41, 5.74) is 6.22. The van der Waals surface area contributed by atoms with Gasteiger partial charge in [-0.2, -0.15) is 0 Å². The lowest BCUT2D eigenvalue weighted by atomic mass is 9.86. The van der Waals surface area contributed by atoms with Crippen molar-refractivity contribution in [3.63, 3.8) is 0 Å². The number of sulfone groups is 1. The Morgan fingerprint density at radius 2 is 1.63 bits per heavy atom. The number of carbonyl (C=O) groups excluding carboxylic acids is 1. The van der Waals surface area contributed by atoms with Crippen LogP contribution in [0.3, 0.4) is 0 Å². The second kappa shape index (κ2) is 9.68. The van der Waals surface area contributed by atoms with Crippen molar-refractivity contribution >= 4 is 15.7 Å². The number of piperidine rings is 1. The summed E-state index contributed by atoms with van der Waals surface area (Å²) in [4.78, 5) is 14.1. The second-order valence-electron chi connectivity index (χ2n) is 8.47. The van der Waals surface area contributed by atoms with Gasteiger partial charge in [0, 0.05) is 31.6 Å². The second-order valence-corrected chi connectivity index (χ2v) is 10.9. The number of nitrogens with two attached hydrogens (primary N) is 1. The fraction of sp³-hybridized carbons (Fsp3) is 0.667. The zero-order valence-electron chi connectivity index (χ0n) is 17.0. The Morgan fingerprint density at radius 3 is 2.27 bits per heavy atom. The molecule has 5 nitrogen and oxygen atoms in total. The average Bonchev–Trinajstić information content (AvgIpc) is 3.26. The molecule has 0 spiro atoms. The largest absolute Gasteiger partial charge is 0.343 e. The number of amides is 1. The topological polar surface area (TPSA) is 80.5 Å². The molecule has 30 heavy (non-hydrogen) atoms. The molecule has 3 rings (SSSR count). The molecule has 1 aromatic carbocycles. The van der Waals surface area contributed by atoms with E-state index in [1.54, 1.807) is 4.90 Å². The van der Waals surface area contributed by atoms with Crippen LogP contribution in [0.5, 0.6) is 0 Å². The van der Waals surface area contributed by atoms with Crippen LogP contribution in [0.4, 0.5) is 13.2 Å². The molecule has 0 unspecified atom stereocenters. The highest BCUT2D eigenvalue weighted by Crippen LogP contribution is 2.27. The monoisotopic (exact) mass is 446 g/mol. The minimum Gasteiger partial charge on any atom is -0.343 e. The first-order chi connectivity index (χ1) is 14.2. The molecule has 0 radical (unpaired) electrons. The van der Waals surface area contributed by atoms with Gasteiger partial charge in [-0.1, -0.05) is 12.8 Å². The van der Waals surface area contributed by atoms with Crippen LogP contribution in [0, 0.1) is 23.4 Å². The van der Waals surface area contributed by atoms with E-state index in [0.717, 1.165) is 18.9 Å². The Kier molecular flexibility index (Phi) is 7.44. The molecule has 0 aromatic heterocycles. The molecule has 1 aromatic rings. The number of nitrogens with zero attached hydrogens (tertiary/aromatic N) is 1. The van der Waals surface area contributed by atoms with E-state index in [1.165, 1.54) is 0 Å². The Morgan fingerprint density at radius 1 is 1.03 bits per heavy atom. The van der Waals surface area contributed by atoms with Gasteiger partial charge in [-0.15, -0.1) is 0 Å². The number of carbonyl (C=O) groups is 1. The van der Waals surface area contributed by atoms with Gasteiger partial charge in [-0.05, 0) is 49.7 Å². The third kappa shape index (κ3) is 5.55. The Hall–Kier alpha value is -1.61. The Bertz CT molecular complexity index is 864. The zero-order valence-corrected chi connectivity index (χ0v) is 17.8. The quantitative estimate of drug-likeness (QED) is 0.653. The lowest BCUT2D eigenvalue weighted by Gasteiger charge is -2.35. The summed E-state index contributed by atoms with van der Waals surface area (Å²) >= 11 is 0. The molecule has 1 saturated heterocycles. The normalized spacial score (nSPS) is 19.9. The van der Waals surface area contributed by atoms with E-state index < -0.39 is 33.3 Å². The SMILES string of the molecule is N[C@H](Cc1cc(F)c(F)cc1F)C1CCN(C(=O)CCS(=O)(=O)C2CCCC2)CC1. The van der Waals surface area contributed by atoms with E-state index in [2.05, 4.69) is 0 Å². The molecule has 2 aliphatic rings. The summed E-state index contributed by atoms with van der Waals surface area (Å²) in [6.07, 6.45) is 4.54. The maximum atomic E-state index is 13.9. The summed E-state index contributed by atoms with van der Waals surface area (Å²) in [6.45, 7) is 0.919. The van der Waals surface area contributed by atoms with Crippen LogP contribution in [-0.4, -0.2) is 49.4 Å². The van der Waals surface area contributed by atoms with E-state index in [4.69, 9.17) is 5.73 Å². The van der Waals surface area contributed by atoms with Gasteiger partial charge in [0.25, 0.3) is 0 Å². The van der Waals surface area contributed by atoms with Gasteiger partial charge >= 0.3 is 0 Å². The third-order valence-electron chi connectivity index (χ3n) is 6.45. The van der Waals surface area contributed by atoms with Gasteiger partial charge in [-0.3, -0.25) is 4.79 Å². The van der Waals surface area contributed by atoms with Crippen molar-refractivity contribution in [3.05, 3.63) is 35.1 Å². The van der Waals surface area contributed by atoms with Crippen molar-refractivity contribution in [3.8, 4) is 0 Å². The summed E-state index contributed by atoms with van der Waals surface area (Å²) in [7, 11) is -3.22. The molecule has 1 amide bonds. The number of likely N-dealkylation sites (tertiary alicyclic amines) is 1. The van der Waals surface area contributed by atoms with E-state index in [1.807, 2.05) is 0 Å². The molecule has 2 N–H and O–H groups in total. The molecule has 2 fully saturated rings. The van der Waals surface area contributed by atoms with Crippen molar-refractivity contribution in [1.29, 1.82) is 0 Å². The van der Waals surface area contributed by atoms with Gasteiger partial charge in [0.1, 0.15) is 5.82 Å². The molecule has 168 valence electrons. The van der Waals surface area contributed by atoms with E-state index >= 15 is 0 Å². The van der Waals surface area contributed by atoms with Gasteiger partial charge < -0.3 is 10.6 Å². The standard InChI is InChI=1S/C21H29F3N2O3S/c22-17-13-19(24)18(23)11-15(17)12-20(25)14-5-8-26(9-6-14)21(27)7-10-30(28,29)16-3-1-2-4-16/h11,13-14,16,20H,1-10,12,25H2/t20-/m1/s1. The van der Waals surface area contributed by atoms with Crippen LogP contribution in [0.2, 0.25) is 0 Å². The van der Waals surface area contributed by atoms with Gasteiger partial charge in [0.05, 0.1) is 11.0 Å². The number of benzene rings is 1. The van der Waals surface area contributed by atoms with Crippen LogP contribution >= 0.6 is 0 Å². The van der Waals surface area contributed by atoms with Crippen molar-refractivity contribution in [1.82, 2.24) is 4.90 Å². The first kappa shape index (κ1) is 23.1. The van der Waals surface area contributed by atoms with Crippen molar-refractivity contribution in [2.75, 3.05) is 18.8 Å². The molecular formula is C21H29F3N2O3S. The number of hydrogen-bond donors (Lipinski definition) is 1. The van der Waals surface area contributed by atoms with Crippen LogP contribution < -0.4 is 5.73 Å². The molecule has 1 aliphatic heterocycles. The number of rotatable bonds is 7. The van der Waals surface area contributed by atoms with Crippen molar-refractivity contribution in [2.45, 2.75) is 62.7 Å². The minimum absolute atomic E-state index is 0.00434. The van der Waals surface area contributed by atoms with E-state index in [-0.39, 0.29) is 41.2 Å². The van der Waals surface area contributed by atoms with Crippen molar-refractivity contribution in [2.24, 2.45) is 11.7 Å². The highest BCUT2D eigenvalue weighted by Gasteiger charge is 2.31. The third-order valence-corrected chi connectivity index (χ3v) is 8.71. The summed E-state index contributed by atoms with van der Waals surface area (Å²) < 4.78 is 65.0. The molecule has 1 saturated carbocycles. The number of halogens is 3. The Balaban J connectivity index is 1.47. The number of hydrogen-bond acceptors (Lipinski definition) is 4. The predicted octanol–water partition coefficient (Wildman–Crippen LogP) is 2.96. The highest BCUT2D eigenvalue weighted by atomic mass is 32.2.